The Kier molecular flexibility index (Phi) is 5.90. The van der Waals surface area contributed by atoms with Gasteiger partial charge in [0.15, 0.2) is 0 Å². The highest BCUT2D eigenvalue weighted by Gasteiger charge is 2.31. The number of aromatic amines is 1. The summed E-state index contributed by atoms with van der Waals surface area (Å²) in [5, 5.41) is 19.7. The Hall–Kier alpha value is -2.81. The molecule has 26 heavy (non-hydrogen) atoms. The number of carbonyl (C=O) groups excluding carboxylic acids is 2. The first-order valence-corrected chi connectivity index (χ1v) is 8.64. The molecule has 1 saturated heterocycles. The Morgan fingerprint density at radius 3 is 2.92 bits per heavy atom. The van der Waals surface area contributed by atoms with Gasteiger partial charge in [-0.05, 0) is 24.8 Å². The third-order valence-corrected chi connectivity index (χ3v) is 4.46. The van der Waals surface area contributed by atoms with Crippen LogP contribution in [-0.2, 0) is 11.2 Å². The van der Waals surface area contributed by atoms with Gasteiger partial charge in [-0.3, -0.25) is 19.7 Å². The van der Waals surface area contributed by atoms with E-state index in [-0.39, 0.29) is 24.1 Å². The van der Waals surface area contributed by atoms with Gasteiger partial charge in [-0.2, -0.15) is 5.10 Å². The Morgan fingerprint density at radius 2 is 2.23 bits per heavy atom. The molecule has 138 valence electrons. The van der Waals surface area contributed by atoms with Gasteiger partial charge in [-0.25, -0.2) is 4.98 Å². The van der Waals surface area contributed by atoms with E-state index >= 15 is 0 Å². The van der Waals surface area contributed by atoms with Crippen molar-refractivity contribution in [2.45, 2.75) is 37.8 Å². The Balaban J connectivity index is 1.44. The highest BCUT2D eigenvalue weighted by molar-refractivity contribution is 5.92. The van der Waals surface area contributed by atoms with Crippen molar-refractivity contribution in [1.29, 1.82) is 0 Å². The van der Waals surface area contributed by atoms with Crippen LogP contribution in [0.3, 0.4) is 0 Å². The zero-order valence-corrected chi connectivity index (χ0v) is 14.3. The normalized spacial score (nSPS) is 20.0. The van der Waals surface area contributed by atoms with Crippen LogP contribution in [0.5, 0.6) is 0 Å². The fraction of sp³-hybridized carbons (Fsp3) is 0.471. The van der Waals surface area contributed by atoms with Crippen molar-refractivity contribution in [1.82, 2.24) is 30.4 Å². The molecule has 1 aliphatic rings. The third kappa shape index (κ3) is 4.63. The number of H-pyrrole nitrogens is 1. The van der Waals surface area contributed by atoms with Crippen molar-refractivity contribution < 1.29 is 14.7 Å². The van der Waals surface area contributed by atoms with Crippen LogP contribution in [0.1, 0.15) is 35.3 Å². The number of nitrogens with zero attached hydrogens (tertiary/aromatic N) is 4. The standard InChI is InChI=1S/C17H22N6O3/c24-15-11-23(16(25)3-1-2-12-8-20-21-9-12)7-4-13(15)22-17(26)14-10-18-5-6-19-14/h5-6,8-10,13,15,24H,1-4,7,11H2,(H,20,21)(H,22,26)/t13-,15-/m1/s1. The quantitative estimate of drug-likeness (QED) is 0.663. The number of rotatable bonds is 6. The molecule has 0 radical (unpaired) electrons. The molecule has 1 fully saturated rings. The number of amides is 2. The lowest BCUT2D eigenvalue weighted by molar-refractivity contribution is -0.134. The number of aliphatic hydroxyl groups excluding tert-OH is 1. The van der Waals surface area contributed by atoms with Crippen molar-refractivity contribution >= 4 is 11.8 Å². The van der Waals surface area contributed by atoms with Gasteiger partial charge in [0.1, 0.15) is 5.69 Å². The van der Waals surface area contributed by atoms with Crippen LogP contribution in [0.25, 0.3) is 0 Å². The number of likely N-dealkylation sites (tertiary alicyclic amines) is 1. The monoisotopic (exact) mass is 358 g/mol. The van der Waals surface area contributed by atoms with E-state index in [1.807, 2.05) is 6.20 Å². The zero-order valence-electron chi connectivity index (χ0n) is 14.3. The van der Waals surface area contributed by atoms with Gasteiger partial charge in [0.05, 0.1) is 24.5 Å². The van der Waals surface area contributed by atoms with E-state index in [4.69, 9.17) is 0 Å². The summed E-state index contributed by atoms with van der Waals surface area (Å²) in [6.45, 7) is 0.725. The second-order valence-corrected chi connectivity index (χ2v) is 6.33. The van der Waals surface area contributed by atoms with E-state index in [9.17, 15) is 14.7 Å². The summed E-state index contributed by atoms with van der Waals surface area (Å²) in [6, 6.07) is -0.403. The number of hydrogen-bond donors (Lipinski definition) is 3. The first kappa shape index (κ1) is 18.0. The van der Waals surface area contributed by atoms with Crippen LogP contribution in [0.4, 0.5) is 0 Å². The van der Waals surface area contributed by atoms with E-state index in [2.05, 4.69) is 25.5 Å². The molecule has 2 atom stereocenters. The Morgan fingerprint density at radius 1 is 1.35 bits per heavy atom. The molecular weight excluding hydrogens is 336 g/mol. The maximum Gasteiger partial charge on any atom is 0.271 e. The lowest BCUT2D eigenvalue weighted by Gasteiger charge is -2.36. The summed E-state index contributed by atoms with van der Waals surface area (Å²) in [5.41, 5.74) is 1.28. The van der Waals surface area contributed by atoms with Crippen molar-refractivity contribution in [2.24, 2.45) is 0 Å². The molecular formula is C17H22N6O3. The molecule has 0 aliphatic carbocycles. The number of aliphatic hydroxyl groups is 1. The van der Waals surface area contributed by atoms with Crippen molar-refractivity contribution in [3.8, 4) is 0 Å². The smallest absolute Gasteiger partial charge is 0.271 e. The van der Waals surface area contributed by atoms with Gasteiger partial charge in [-0.1, -0.05) is 0 Å². The van der Waals surface area contributed by atoms with Crippen LogP contribution < -0.4 is 5.32 Å². The molecule has 9 heteroatoms. The van der Waals surface area contributed by atoms with E-state index < -0.39 is 12.1 Å². The van der Waals surface area contributed by atoms with E-state index in [1.54, 1.807) is 11.1 Å². The van der Waals surface area contributed by atoms with Gasteiger partial charge in [0.2, 0.25) is 5.91 Å². The molecule has 9 nitrogen and oxygen atoms in total. The number of carbonyl (C=O) groups is 2. The molecule has 3 rings (SSSR count). The molecule has 3 N–H and O–H groups in total. The lowest BCUT2D eigenvalue weighted by Crippen LogP contribution is -2.55. The van der Waals surface area contributed by atoms with Crippen LogP contribution in [0.15, 0.2) is 31.0 Å². The summed E-state index contributed by atoms with van der Waals surface area (Å²) in [6.07, 6.45) is 9.52. The summed E-state index contributed by atoms with van der Waals surface area (Å²) in [4.78, 5) is 33.9. The van der Waals surface area contributed by atoms with Crippen LogP contribution in [0.2, 0.25) is 0 Å². The van der Waals surface area contributed by atoms with E-state index in [0.717, 1.165) is 18.4 Å². The average Bonchev–Trinajstić information content (AvgIpc) is 3.17. The number of β-amino-alcohol motifs (C(OH)–C–C–N with tert-alkyl or cyclic N) is 1. The first-order valence-electron chi connectivity index (χ1n) is 8.64. The molecule has 2 aromatic heterocycles. The number of hydrogen-bond acceptors (Lipinski definition) is 6. The van der Waals surface area contributed by atoms with Gasteiger partial charge in [-0.15, -0.1) is 0 Å². The van der Waals surface area contributed by atoms with Crippen molar-refractivity contribution in [2.75, 3.05) is 13.1 Å². The minimum absolute atomic E-state index is 0.0197. The van der Waals surface area contributed by atoms with Gasteiger partial charge < -0.3 is 15.3 Å². The molecule has 2 aromatic rings. The molecule has 1 aliphatic heterocycles. The molecule has 0 saturated carbocycles. The number of aryl methyl sites for hydroxylation is 1. The molecule has 2 amide bonds. The molecule has 0 unspecified atom stereocenters. The topological polar surface area (TPSA) is 124 Å². The minimum Gasteiger partial charge on any atom is -0.389 e. The van der Waals surface area contributed by atoms with Crippen molar-refractivity contribution in [3.05, 3.63) is 42.2 Å². The summed E-state index contributed by atoms with van der Waals surface area (Å²) in [7, 11) is 0. The SMILES string of the molecule is O=C(N[C@@H]1CCN(C(=O)CCCc2cn[nH]c2)C[C@H]1O)c1cnccn1. The predicted molar refractivity (Wildman–Crippen MR) is 92.0 cm³/mol. The van der Waals surface area contributed by atoms with Gasteiger partial charge >= 0.3 is 0 Å². The fourth-order valence-electron chi connectivity index (χ4n) is 3.00. The minimum atomic E-state index is -0.804. The van der Waals surface area contributed by atoms with Crippen molar-refractivity contribution in [3.63, 3.8) is 0 Å². The third-order valence-electron chi connectivity index (χ3n) is 4.46. The Labute approximate surface area is 150 Å². The largest absolute Gasteiger partial charge is 0.389 e. The van der Waals surface area contributed by atoms with E-state index in [1.165, 1.54) is 18.6 Å². The fourth-order valence-corrected chi connectivity index (χ4v) is 3.00. The Bertz CT molecular complexity index is 721. The average molecular weight is 358 g/mol. The van der Waals surface area contributed by atoms with Gasteiger partial charge in [0, 0.05) is 38.1 Å². The van der Waals surface area contributed by atoms with Crippen LogP contribution in [0, 0.1) is 0 Å². The maximum absolute atomic E-state index is 12.3. The van der Waals surface area contributed by atoms with E-state index in [0.29, 0.717) is 19.4 Å². The number of nitrogens with one attached hydrogen (secondary N) is 2. The summed E-state index contributed by atoms with van der Waals surface area (Å²) in [5.74, 6) is -0.353. The number of aromatic nitrogens is 4. The predicted octanol–water partition coefficient (Wildman–Crippen LogP) is -0.0858. The summed E-state index contributed by atoms with van der Waals surface area (Å²) < 4.78 is 0. The second kappa shape index (κ2) is 8.52. The molecule has 0 aromatic carbocycles. The van der Waals surface area contributed by atoms with Crippen LogP contribution in [-0.4, -0.2) is 67.2 Å². The van der Waals surface area contributed by atoms with Gasteiger partial charge in [0.25, 0.3) is 5.91 Å². The molecule has 0 spiro atoms. The molecule has 0 bridgehead atoms. The van der Waals surface area contributed by atoms with Crippen LogP contribution >= 0.6 is 0 Å². The summed E-state index contributed by atoms with van der Waals surface area (Å²) >= 11 is 0. The lowest BCUT2D eigenvalue weighted by atomic mass is 10.0. The highest BCUT2D eigenvalue weighted by atomic mass is 16.3. The molecule has 3 heterocycles. The second-order valence-electron chi connectivity index (χ2n) is 6.33. The zero-order chi connectivity index (χ0) is 18.4. The maximum atomic E-state index is 12.3. The first-order chi connectivity index (χ1) is 12.6. The number of piperidine rings is 1. The highest BCUT2D eigenvalue weighted by Crippen LogP contribution is 2.14.